The minimum atomic E-state index is -0.499. The minimum absolute atomic E-state index is 0.148. The van der Waals surface area contributed by atoms with E-state index in [9.17, 15) is 9.59 Å². The number of aryl methyl sites for hydroxylation is 1. The molecule has 1 aliphatic rings. The van der Waals surface area contributed by atoms with E-state index in [1.165, 1.54) is 11.3 Å². The largest absolute Gasteiger partial charge is 0.350 e. The van der Waals surface area contributed by atoms with Gasteiger partial charge in [-0.05, 0) is 55.5 Å². The van der Waals surface area contributed by atoms with Gasteiger partial charge in [-0.2, -0.15) is 0 Å². The molecule has 166 valence electrons. The highest BCUT2D eigenvalue weighted by molar-refractivity contribution is 7.14. The summed E-state index contributed by atoms with van der Waals surface area (Å²) in [6.45, 7) is 2.90. The first-order valence-electron chi connectivity index (χ1n) is 10.5. The smallest absolute Gasteiger partial charge is 0.274 e. The average molecular weight is 470 g/mol. The van der Waals surface area contributed by atoms with Gasteiger partial charge in [-0.1, -0.05) is 23.7 Å². The number of rotatable bonds is 6. The van der Waals surface area contributed by atoms with Crippen molar-refractivity contribution in [1.29, 1.82) is 0 Å². The zero-order valence-electron chi connectivity index (χ0n) is 17.7. The summed E-state index contributed by atoms with van der Waals surface area (Å²) < 4.78 is 0. The van der Waals surface area contributed by atoms with Gasteiger partial charge in [0, 0.05) is 41.6 Å². The Labute approximate surface area is 195 Å². The van der Waals surface area contributed by atoms with Gasteiger partial charge in [0.25, 0.3) is 5.91 Å². The summed E-state index contributed by atoms with van der Waals surface area (Å²) >= 11 is 7.44. The molecule has 1 aromatic carbocycles. The van der Waals surface area contributed by atoms with Gasteiger partial charge in [0.1, 0.15) is 11.7 Å². The number of pyridine rings is 1. The molecule has 0 saturated carbocycles. The molecular formula is C23H24ClN5O2S. The number of benzene rings is 1. The predicted octanol–water partition coefficient (Wildman–Crippen LogP) is 4.55. The summed E-state index contributed by atoms with van der Waals surface area (Å²) in [5.41, 5.74) is 3.13. The van der Waals surface area contributed by atoms with Crippen LogP contribution in [0.4, 0.5) is 10.8 Å². The molecule has 1 fully saturated rings. The molecule has 2 aromatic heterocycles. The fraction of sp³-hybridized carbons (Fsp3) is 0.304. The summed E-state index contributed by atoms with van der Waals surface area (Å²) in [7, 11) is 0. The van der Waals surface area contributed by atoms with E-state index in [1.807, 2.05) is 37.3 Å². The van der Waals surface area contributed by atoms with E-state index in [-0.39, 0.29) is 11.8 Å². The van der Waals surface area contributed by atoms with Crippen LogP contribution in [0, 0.1) is 6.92 Å². The zero-order chi connectivity index (χ0) is 22.5. The van der Waals surface area contributed by atoms with E-state index in [4.69, 9.17) is 11.6 Å². The number of carbonyl (C=O) groups is 2. The molecular weight excluding hydrogens is 446 g/mol. The molecule has 2 N–H and O–H groups in total. The Morgan fingerprint density at radius 2 is 2.16 bits per heavy atom. The maximum Gasteiger partial charge on any atom is 0.274 e. The summed E-state index contributed by atoms with van der Waals surface area (Å²) in [6.07, 6.45) is 5.83. The van der Waals surface area contributed by atoms with Gasteiger partial charge in [-0.25, -0.2) is 4.98 Å². The Balaban J connectivity index is 1.44. The quantitative estimate of drug-likeness (QED) is 0.552. The van der Waals surface area contributed by atoms with Crippen molar-refractivity contribution in [1.82, 2.24) is 20.2 Å². The summed E-state index contributed by atoms with van der Waals surface area (Å²) in [4.78, 5) is 36.3. The predicted molar refractivity (Wildman–Crippen MR) is 126 cm³/mol. The second-order valence-electron chi connectivity index (χ2n) is 7.71. The summed E-state index contributed by atoms with van der Waals surface area (Å²) in [5.74, 6) is -0.372. The molecule has 0 spiro atoms. The van der Waals surface area contributed by atoms with Gasteiger partial charge in [0.2, 0.25) is 5.91 Å². The van der Waals surface area contributed by atoms with Crippen molar-refractivity contribution in [2.24, 2.45) is 0 Å². The van der Waals surface area contributed by atoms with Crippen molar-refractivity contribution < 1.29 is 9.59 Å². The standard InChI is InChI=1S/C23H24ClN5O2S/c1-15-7-8-17(24)11-18(15)27-23-28-19(14-32-23)22(31)29-10-3-2-6-20(29)21(30)26-13-16-5-4-9-25-12-16/h4-5,7-9,11-12,14,20H,2-3,6,10,13H2,1H3,(H,26,30)(H,27,28). The van der Waals surface area contributed by atoms with Crippen LogP contribution in [0.15, 0.2) is 48.1 Å². The summed E-state index contributed by atoms with van der Waals surface area (Å²) in [5, 5.41) is 9.12. The maximum absolute atomic E-state index is 13.2. The van der Waals surface area contributed by atoms with Crippen LogP contribution in [-0.4, -0.2) is 39.3 Å². The monoisotopic (exact) mass is 469 g/mol. The first kappa shape index (κ1) is 22.2. The van der Waals surface area contributed by atoms with Crippen LogP contribution in [0.2, 0.25) is 5.02 Å². The Kier molecular flexibility index (Phi) is 7.02. The number of piperidine rings is 1. The van der Waals surface area contributed by atoms with Crippen molar-refractivity contribution in [3.05, 3.63) is 69.9 Å². The normalized spacial score (nSPS) is 15.9. The van der Waals surface area contributed by atoms with Crippen molar-refractivity contribution in [3.8, 4) is 0 Å². The van der Waals surface area contributed by atoms with Crippen molar-refractivity contribution in [2.75, 3.05) is 11.9 Å². The number of aromatic nitrogens is 2. The maximum atomic E-state index is 13.2. The fourth-order valence-electron chi connectivity index (χ4n) is 3.68. The number of hydrogen-bond donors (Lipinski definition) is 2. The van der Waals surface area contributed by atoms with E-state index in [0.29, 0.717) is 35.4 Å². The van der Waals surface area contributed by atoms with E-state index >= 15 is 0 Å². The number of hydrogen-bond acceptors (Lipinski definition) is 6. The summed E-state index contributed by atoms with van der Waals surface area (Å²) in [6, 6.07) is 8.81. The highest BCUT2D eigenvalue weighted by atomic mass is 35.5. The number of carbonyl (C=O) groups excluding carboxylic acids is 2. The van der Waals surface area contributed by atoms with Crippen molar-refractivity contribution >= 4 is 45.6 Å². The molecule has 0 radical (unpaired) electrons. The van der Waals surface area contributed by atoms with Crippen LogP contribution < -0.4 is 10.6 Å². The van der Waals surface area contributed by atoms with Crippen LogP contribution in [-0.2, 0) is 11.3 Å². The van der Waals surface area contributed by atoms with Crippen LogP contribution in [0.1, 0.15) is 40.9 Å². The Hall–Kier alpha value is -2.97. The first-order valence-corrected chi connectivity index (χ1v) is 11.7. The zero-order valence-corrected chi connectivity index (χ0v) is 19.2. The molecule has 0 aliphatic carbocycles. The van der Waals surface area contributed by atoms with Gasteiger partial charge in [-0.15, -0.1) is 11.3 Å². The van der Waals surface area contributed by atoms with Crippen LogP contribution in [0.25, 0.3) is 0 Å². The molecule has 7 nitrogen and oxygen atoms in total. The molecule has 1 aliphatic heterocycles. The lowest BCUT2D eigenvalue weighted by molar-refractivity contribution is -0.126. The van der Waals surface area contributed by atoms with E-state index in [0.717, 1.165) is 29.7 Å². The molecule has 9 heteroatoms. The van der Waals surface area contributed by atoms with Gasteiger partial charge in [0.05, 0.1) is 0 Å². The van der Waals surface area contributed by atoms with Gasteiger partial charge in [0.15, 0.2) is 5.13 Å². The number of amides is 2. The Morgan fingerprint density at radius 3 is 2.97 bits per heavy atom. The van der Waals surface area contributed by atoms with E-state index < -0.39 is 6.04 Å². The number of halogens is 1. The molecule has 0 bridgehead atoms. The number of nitrogens with one attached hydrogen (secondary N) is 2. The molecule has 2 amide bonds. The third-order valence-corrected chi connectivity index (χ3v) is 6.41. The Morgan fingerprint density at radius 1 is 1.28 bits per heavy atom. The molecule has 3 heterocycles. The second-order valence-corrected chi connectivity index (χ2v) is 9.01. The molecule has 32 heavy (non-hydrogen) atoms. The number of nitrogens with zero attached hydrogens (tertiary/aromatic N) is 3. The van der Waals surface area contributed by atoms with Crippen LogP contribution >= 0.6 is 22.9 Å². The third-order valence-electron chi connectivity index (χ3n) is 5.42. The van der Waals surface area contributed by atoms with Crippen LogP contribution in [0.5, 0.6) is 0 Å². The molecule has 4 rings (SSSR count). The minimum Gasteiger partial charge on any atom is -0.350 e. The molecule has 3 aromatic rings. The van der Waals surface area contributed by atoms with Crippen molar-refractivity contribution in [3.63, 3.8) is 0 Å². The molecule has 1 unspecified atom stereocenters. The van der Waals surface area contributed by atoms with E-state index in [1.54, 1.807) is 22.7 Å². The molecule has 1 saturated heterocycles. The SMILES string of the molecule is Cc1ccc(Cl)cc1Nc1nc(C(=O)N2CCCCC2C(=O)NCc2cccnc2)cs1. The number of thiazole rings is 1. The highest BCUT2D eigenvalue weighted by Crippen LogP contribution is 2.27. The lowest BCUT2D eigenvalue weighted by atomic mass is 10.0. The van der Waals surface area contributed by atoms with Gasteiger partial charge < -0.3 is 15.5 Å². The third kappa shape index (κ3) is 5.26. The Bertz CT molecular complexity index is 1100. The lowest BCUT2D eigenvalue weighted by Gasteiger charge is -2.34. The van der Waals surface area contributed by atoms with Crippen LogP contribution in [0.3, 0.4) is 0 Å². The average Bonchev–Trinajstić information content (AvgIpc) is 3.28. The lowest BCUT2D eigenvalue weighted by Crippen LogP contribution is -2.51. The fourth-order valence-corrected chi connectivity index (χ4v) is 4.55. The van der Waals surface area contributed by atoms with Gasteiger partial charge in [-0.3, -0.25) is 14.6 Å². The number of anilines is 2. The first-order chi connectivity index (χ1) is 15.5. The second kappa shape index (κ2) is 10.1. The number of likely N-dealkylation sites (tertiary alicyclic amines) is 1. The topological polar surface area (TPSA) is 87.2 Å². The van der Waals surface area contributed by atoms with Gasteiger partial charge >= 0.3 is 0 Å². The van der Waals surface area contributed by atoms with E-state index in [2.05, 4.69) is 20.6 Å². The molecule has 1 atom stereocenters. The van der Waals surface area contributed by atoms with Crippen molar-refractivity contribution in [2.45, 2.75) is 38.8 Å². The highest BCUT2D eigenvalue weighted by Gasteiger charge is 2.33.